The monoisotopic (exact) mass is 319 g/mol. The third-order valence-corrected chi connectivity index (χ3v) is 6.15. The molecule has 1 aromatic carbocycles. The van der Waals surface area contributed by atoms with E-state index in [1.165, 1.54) is 30.4 Å². The van der Waals surface area contributed by atoms with Gasteiger partial charge in [0.2, 0.25) is 0 Å². The summed E-state index contributed by atoms with van der Waals surface area (Å²) in [6, 6.07) is 9.28. The van der Waals surface area contributed by atoms with Gasteiger partial charge in [-0.2, -0.15) is 0 Å². The van der Waals surface area contributed by atoms with Gasteiger partial charge in [0.15, 0.2) is 4.34 Å². The third-order valence-electron chi connectivity index (χ3n) is 3.88. The average molecular weight is 319 g/mol. The maximum Gasteiger partial charge on any atom is 0.174 e. The molecule has 0 radical (unpaired) electrons. The number of fused-ring (bicyclic) bond motifs is 1. The Labute approximate surface area is 134 Å². The number of aromatic nitrogens is 2. The van der Waals surface area contributed by atoms with Crippen LogP contribution in [0, 0.1) is 6.92 Å². The molecule has 0 aliphatic heterocycles. The second kappa shape index (κ2) is 6.90. The predicted octanol–water partition coefficient (Wildman–Crippen LogP) is 3.99. The van der Waals surface area contributed by atoms with Gasteiger partial charge in [-0.15, -0.1) is 10.2 Å². The maximum atomic E-state index is 4.29. The molecule has 1 aromatic heterocycles. The number of nitrogens with zero attached hydrogens (tertiary/aromatic N) is 2. The Morgan fingerprint density at radius 2 is 2.19 bits per heavy atom. The summed E-state index contributed by atoms with van der Waals surface area (Å²) >= 11 is 3.60. The van der Waals surface area contributed by atoms with Crippen LogP contribution in [0.1, 0.15) is 41.9 Å². The van der Waals surface area contributed by atoms with Crippen LogP contribution in [0.4, 0.5) is 0 Å². The molecule has 5 heteroatoms. The van der Waals surface area contributed by atoms with Crippen molar-refractivity contribution in [1.82, 2.24) is 15.5 Å². The number of hydrogen-bond donors (Lipinski definition) is 1. The van der Waals surface area contributed by atoms with E-state index in [0.717, 1.165) is 15.9 Å². The zero-order valence-corrected chi connectivity index (χ0v) is 14.1. The van der Waals surface area contributed by atoms with Crippen LogP contribution in [0.2, 0.25) is 0 Å². The molecule has 1 heterocycles. The highest BCUT2D eigenvalue weighted by molar-refractivity contribution is 8.01. The summed E-state index contributed by atoms with van der Waals surface area (Å²) in [6.45, 7) is 5.20. The van der Waals surface area contributed by atoms with Gasteiger partial charge in [0.1, 0.15) is 5.01 Å². The van der Waals surface area contributed by atoms with Gasteiger partial charge in [-0.05, 0) is 43.9 Å². The van der Waals surface area contributed by atoms with Crippen molar-refractivity contribution >= 4 is 23.1 Å². The maximum absolute atomic E-state index is 4.29. The largest absolute Gasteiger partial charge is 0.309 e. The van der Waals surface area contributed by atoms with Crippen LogP contribution in [0.15, 0.2) is 28.6 Å². The smallest absolute Gasteiger partial charge is 0.174 e. The van der Waals surface area contributed by atoms with Crippen molar-refractivity contribution in [3.05, 3.63) is 40.4 Å². The summed E-state index contributed by atoms with van der Waals surface area (Å²) in [5, 5.41) is 13.7. The Hall–Kier alpha value is -0.910. The number of nitrogens with one attached hydrogen (secondary N) is 1. The molecule has 2 unspecified atom stereocenters. The zero-order valence-electron chi connectivity index (χ0n) is 12.5. The molecular weight excluding hydrogens is 298 g/mol. The SMILES string of the molecule is CCNC1c2ccccc2CCCC1Sc1nnc(C)s1. The molecule has 0 spiro atoms. The van der Waals surface area contributed by atoms with E-state index in [-0.39, 0.29) is 0 Å². The molecule has 1 aliphatic carbocycles. The van der Waals surface area contributed by atoms with Crippen molar-refractivity contribution in [1.29, 1.82) is 0 Å². The topological polar surface area (TPSA) is 37.8 Å². The molecule has 1 aliphatic rings. The third kappa shape index (κ3) is 3.47. The van der Waals surface area contributed by atoms with Crippen molar-refractivity contribution in [3.63, 3.8) is 0 Å². The number of rotatable bonds is 4. The van der Waals surface area contributed by atoms with Crippen molar-refractivity contribution in [2.24, 2.45) is 0 Å². The fourth-order valence-corrected chi connectivity index (χ4v) is 5.32. The predicted molar refractivity (Wildman–Crippen MR) is 90.1 cm³/mol. The van der Waals surface area contributed by atoms with E-state index in [4.69, 9.17) is 0 Å². The normalized spacial score (nSPS) is 21.8. The Morgan fingerprint density at radius 1 is 1.33 bits per heavy atom. The van der Waals surface area contributed by atoms with E-state index in [0.29, 0.717) is 11.3 Å². The molecule has 0 bridgehead atoms. The number of benzene rings is 1. The molecule has 2 atom stereocenters. The van der Waals surface area contributed by atoms with Crippen LogP contribution in [0.5, 0.6) is 0 Å². The molecule has 0 saturated heterocycles. The lowest BCUT2D eigenvalue weighted by Gasteiger charge is -2.26. The molecule has 3 nitrogen and oxygen atoms in total. The standard InChI is InChI=1S/C16H21N3S2/c1-3-17-15-13-9-5-4-7-12(13)8-6-10-14(15)21-16-19-18-11(2)20-16/h4-5,7,9,14-15,17H,3,6,8,10H2,1-2H3. The van der Waals surface area contributed by atoms with Gasteiger partial charge in [0.25, 0.3) is 0 Å². The quantitative estimate of drug-likeness (QED) is 0.865. The molecular formula is C16H21N3S2. The molecule has 3 rings (SSSR count). The summed E-state index contributed by atoms with van der Waals surface area (Å²) in [5.41, 5.74) is 2.97. The van der Waals surface area contributed by atoms with Crippen LogP contribution in [0.25, 0.3) is 0 Å². The van der Waals surface area contributed by atoms with Crippen molar-refractivity contribution in [2.45, 2.75) is 48.7 Å². The Morgan fingerprint density at radius 3 is 2.95 bits per heavy atom. The van der Waals surface area contributed by atoms with Crippen molar-refractivity contribution < 1.29 is 0 Å². The van der Waals surface area contributed by atoms with E-state index in [1.807, 2.05) is 18.7 Å². The van der Waals surface area contributed by atoms with Crippen LogP contribution in [-0.4, -0.2) is 22.0 Å². The Balaban J connectivity index is 1.88. The summed E-state index contributed by atoms with van der Waals surface area (Å²) in [4.78, 5) is 0. The van der Waals surface area contributed by atoms with E-state index >= 15 is 0 Å². The summed E-state index contributed by atoms with van der Waals surface area (Å²) < 4.78 is 1.10. The van der Waals surface area contributed by atoms with E-state index in [1.54, 1.807) is 11.3 Å². The molecule has 2 aromatic rings. The Kier molecular flexibility index (Phi) is 4.93. The van der Waals surface area contributed by atoms with Crippen molar-refractivity contribution in [2.75, 3.05) is 6.54 Å². The zero-order chi connectivity index (χ0) is 14.7. The first-order chi connectivity index (χ1) is 10.3. The van der Waals surface area contributed by atoms with E-state index in [2.05, 4.69) is 46.7 Å². The first-order valence-corrected chi connectivity index (χ1v) is 9.25. The summed E-state index contributed by atoms with van der Waals surface area (Å²) in [6.07, 6.45) is 3.65. The molecule has 112 valence electrons. The minimum atomic E-state index is 0.405. The highest BCUT2D eigenvalue weighted by Gasteiger charge is 2.28. The number of thioether (sulfide) groups is 1. The summed E-state index contributed by atoms with van der Waals surface area (Å²) in [7, 11) is 0. The molecule has 0 fully saturated rings. The second-order valence-electron chi connectivity index (χ2n) is 5.37. The van der Waals surface area contributed by atoms with Crippen LogP contribution >= 0.6 is 23.1 Å². The lowest BCUT2D eigenvalue weighted by Crippen LogP contribution is -2.29. The second-order valence-corrected chi connectivity index (χ2v) is 8.04. The van der Waals surface area contributed by atoms with E-state index in [9.17, 15) is 0 Å². The molecule has 21 heavy (non-hydrogen) atoms. The van der Waals surface area contributed by atoms with Crippen LogP contribution in [-0.2, 0) is 6.42 Å². The molecule has 0 amide bonds. The fourth-order valence-electron chi connectivity index (χ4n) is 2.97. The Bertz CT molecular complexity index is 597. The first kappa shape index (κ1) is 15.0. The minimum Gasteiger partial charge on any atom is -0.309 e. The van der Waals surface area contributed by atoms with Crippen molar-refractivity contribution in [3.8, 4) is 0 Å². The van der Waals surface area contributed by atoms with Gasteiger partial charge in [0.05, 0.1) is 0 Å². The number of hydrogen-bond acceptors (Lipinski definition) is 5. The van der Waals surface area contributed by atoms with Crippen LogP contribution < -0.4 is 5.32 Å². The lowest BCUT2D eigenvalue weighted by atomic mass is 9.99. The number of aryl methyl sites for hydroxylation is 2. The van der Waals surface area contributed by atoms with Gasteiger partial charge < -0.3 is 5.32 Å². The highest BCUT2D eigenvalue weighted by atomic mass is 32.2. The van der Waals surface area contributed by atoms with Gasteiger partial charge in [-0.1, -0.05) is 54.3 Å². The van der Waals surface area contributed by atoms with Gasteiger partial charge in [0, 0.05) is 11.3 Å². The summed E-state index contributed by atoms with van der Waals surface area (Å²) in [5.74, 6) is 0. The van der Waals surface area contributed by atoms with Gasteiger partial charge >= 0.3 is 0 Å². The van der Waals surface area contributed by atoms with E-state index < -0.39 is 0 Å². The molecule has 0 saturated carbocycles. The average Bonchev–Trinajstić information content (AvgIpc) is 2.81. The fraction of sp³-hybridized carbons (Fsp3) is 0.500. The molecule has 1 N–H and O–H groups in total. The minimum absolute atomic E-state index is 0.405. The van der Waals surface area contributed by atoms with Crippen LogP contribution in [0.3, 0.4) is 0 Å². The highest BCUT2D eigenvalue weighted by Crippen LogP contribution is 2.39. The van der Waals surface area contributed by atoms with Gasteiger partial charge in [-0.3, -0.25) is 0 Å². The lowest BCUT2D eigenvalue weighted by molar-refractivity contribution is 0.516. The first-order valence-electron chi connectivity index (χ1n) is 7.56. The van der Waals surface area contributed by atoms with Gasteiger partial charge in [-0.25, -0.2) is 0 Å².